The van der Waals surface area contributed by atoms with E-state index in [1.165, 1.54) is 5.56 Å². The van der Waals surface area contributed by atoms with Crippen LogP contribution in [0.4, 0.5) is 0 Å². The van der Waals surface area contributed by atoms with Crippen molar-refractivity contribution in [2.45, 2.75) is 31.9 Å². The number of rotatable bonds is 2. The Morgan fingerprint density at radius 2 is 2.13 bits per heavy atom. The Labute approximate surface area is 91.6 Å². The van der Waals surface area contributed by atoms with E-state index in [9.17, 15) is 0 Å². The Kier molecular flexibility index (Phi) is 3.75. The Bertz CT molecular complexity index is 286. The van der Waals surface area contributed by atoms with Crippen molar-refractivity contribution in [1.82, 2.24) is 5.32 Å². The molecule has 2 unspecified atom stereocenters. The summed E-state index contributed by atoms with van der Waals surface area (Å²) in [6, 6.07) is 11.0. The van der Waals surface area contributed by atoms with Gasteiger partial charge in [-0.25, -0.2) is 0 Å². The van der Waals surface area contributed by atoms with Gasteiger partial charge < -0.3 is 10.1 Å². The third-order valence-corrected chi connectivity index (χ3v) is 2.96. The summed E-state index contributed by atoms with van der Waals surface area (Å²) in [7, 11) is 0. The Morgan fingerprint density at radius 3 is 2.87 bits per heavy atom. The first-order valence-electron chi connectivity index (χ1n) is 5.81. The van der Waals surface area contributed by atoms with Crippen molar-refractivity contribution in [3.05, 3.63) is 35.9 Å². The van der Waals surface area contributed by atoms with Gasteiger partial charge in [-0.05, 0) is 24.9 Å². The molecule has 1 aliphatic heterocycles. The standard InChI is InChI=1S/C13H19NO/c1-2-12-13(15-10-6-9-14-12)11-7-4-3-5-8-11/h3-5,7-8,12-14H,2,6,9-10H2,1H3. The van der Waals surface area contributed by atoms with Crippen molar-refractivity contribution in [3.8, 4) is 0 Å². The smallest absolute Gasteiger partial charge is 0.0977 e. The number of hydrogen-bond donors (Lipinski definition) is 1. The van der Waals surface area contributed by atoms with E-state index in [4.69, 9.17) is 4.74 Å². The molecule has 1 aromatic rings. The minimum Gasteiger partial charge on any atom is -0.372 e. The Hall–Kier alpha value is -0.860. The van der Waals surface area contributed by atoms with Crippen LogP contribution in [0.1, 0.15) is 31.4 Å². The average molecular weight is 205 g/mol. The van der Waals surface area contributed by atoms with Gasteiger partial charge in [0.25, 0.3) is 0 Å². The van der Waals surface area contributed by atoms with Crippen molar-refractivity contribution in [3.63, 3.8) is 0 Å². The normalized spacial score (nSPS) is 27.3. The van der Waals surface area contributed by atoms with E-state index in [-0.39, 0.29) is 6.10 Å². The van der Waals surface area contributed by atoms with Crippen molar-refractivity contribution in [1.29, 1.82) is 0 Å². The summed E-state index contributed by atoms with van der Waals surface area (Å²) in [6.07, 6.45) is 2.44. The van der Waals surface area contributed by atoms with Crippen LogP contribution in [-0.4, -0.2) is 19.2 Å². The van der Waals surface area contributed by atoms with E-state index in [0.717, 1.165) is 26.0 Å². The SMILES string of the molecule is CCC1NCCCOC1c1ccccc1. The first kappa shape index (κ1) is 10.7. The van der Waals surface area contributed by atoms with E-state index in [1.54, 1.807) is 0 Å². The van der Waals surface area contributed by atoms with Gasteiger partial charge in [0.05, 0.1) is 6.10 Å². The van der Waals surface area contributed by atoms with Gasteiger partial charge in [0.1, 0.15) is 0 Å². The molecule has 2 heteroatoms. The topological polar surface area (TPSA) is 21.3 Å². The molecule has 2 nitrogen and oxygen atoms in total. The van der Waals surface area contributed by atoms with Gasteiger partial charge in [-0.15, -0.1) is 0 Å². The monoisotopic (exact) mass is 205 g/mol. The van der Waals surface area contributed by atoms with Crippen molar-refractivity contribution in [2.24, 2.45) is 0 Å². The zero-order chi connectivity index (χ0) is 10.5. The van der Waals surface area contributed by atoms with Crippen LogP contribution in [0.25, 0.3) is 0 Å². The van der Waals surface area contributed by atoms with Crippen LogP contribution < -0.4 is 5.32 Å². The van der Waals surface area contributed by atoms with Crippen molar-refractivity contribution >= 4 is 0 Å². The first-order chi connectivity index (χ1) is 7.42. The van der Waals surface area contributed by atoms with Gasteiger partial charge in [0.15, 0.2) is 0 Å². The van der Waals surface area contributed by atoms with E-state index < -0.39 is 0 Å². The molecule has 0 saturated carbocycles. The van der Waals surface area contributed by atoms with Gasteiger partial charge in [-0.2, -0.15) is 0 Å². The van der Waals surface area contributed by atoms with Gasteiger partial charge in [0, 0.05) is 12.6 Å². The van der Waals surface area contributed by atoms with Crippen molar-refractivity contribution in [2.75, 3.05) is 13.2 Å². The van der Waals surface area contributed by atoms with Crippen LogP contribution in [0.15, 0.2) is 30.3 Å². The molecule has 1 N–H and O–H groups in total. The highest BCUT2D eigenvalue weighted by molar-refractivity contribution is 5.19. The second kappa shape index (κ2) is 5.29. The Balaban J connectivity index is 2.16. The van der Waals surface area contributed by atoms with Crippen LogP contribution in [-0.2, 0) is 4.74 Å². The highest BCUT2D eigenvalue weighted by Crippen LogP contribution is 2.24. The van der Waals surface area contributed by atoms with Crippen LogP contribution in [0.3, 0.4) is 0 Å². The van der Waals surface area contributed by atoms with E-state index in [1.807, 2.05) is 0 Å². The highest BCUT2D eigenvalue weighted by atomic mass is 16.5. The molecule has 0 radical (unpaired) electrons. The molecule has 1 aromatic carbocycles. The lowest BCUT2D eigenvalue weighted by Gasteiger charge is -2.24. The second-order valence-corrected chi connectivity index (χ2v) is 4.02. The molecule has 2 atom stereocenters. The van der Waals surface area contributed by atoms with E-state index in [2.05, 4.69) is 42.6 Å². The summed E-state index contributed by atoms with van der Waals surface area (Å²) in [5.74, 6) is 0. The molecular formula is C13H19NO. The molecule has 82 valence electrons. The predicted molar refractivity (Wildman–Crippen MR) is 61.8 cm³/mol. The minimum absolute atomic E-state index is 0.221. The molecule has 0 spiro atoms. The van der Waals surface area contributed by atoms with Gasteiger partial charge in [0.2, 0.25) is 0 Å². The molecule has 1 fully saturated rings. The lowest BCUT2D eigenvalue weighted by atomic mass is 10.0. The number of nitrogens with one attached hydrogen (secondary N) is 1. The highest BCUT2D eigenvalue weighted by Gasteiger charge is 2.23. The maximum atomic E-state index is 5.93. The average Bonchev–Trinajstić information content (AvgIpc) is 2.55. The predicted octanol–water partition coefficient (Wildman–Crippen LogP) is 2.52. The molecule has 1 aliphatic rings. The number of ether oxygens (including phenoxy) is 1. The first-order valence-corrected chi connectivity index (χ1v) is 5.81. The molecule has 15 heavy (non-hydrogen) atoms. The molecule has 0 aliphatic carbocycles. The summed E-state index contributed by atoms with van der Waals surface area (Å²) in [5, 5.41) is 3.55. The maximum Gasteiger partial charge on any atom is 0.0977 e. The molecule has 1 saturated heterocycles. The molecule has 0 amide bonds. The number of hydrogen-bond acceptors (Lipinski definition) is 2. The zero-order valence-corrected chi connectivity index (χ0v) is 9.28. The largest absolute Gasteiger partial charge is 0.372 e. The van der Waals surface area contributed by atoms with Crippen molar-refractivity contribution < 1.29 is 4.74 Å². The summed E-state index contributed by atoms with van der Waals surface area (Å²) in [6.45, 7) is 4.15. The van der Waals surface area contributed by atoms with Gasteiger partial charge >= 0.3 is 0 Å². The van der Waals surface area contributed by atoms with Crippen LogP contribution in [0.2, 0.25) is 0 Å². The summed E-state index contributed by atoms with van der Waals surface area (Å²) in [4.78, 5) is 0. The summed E-state index contributed by atoms with van der Waals surface area (Å²) >= 11 is 0. The third-order valence-electron chi connectivity index (χ3n) is 2.96. The van der Waals surface area contributed by atoms with Gasteiger partial charge in [-0.3, -0.25) is 0 Å². The van der Waals surface area contributed by atoms with Crippen LogP contribution >= 0.6 is 0 Å². The molecule has 0 aromatic heterocycles. The molecule has 2 rings (SSSR count). The fourth-order valence-corrected chi connectivity index (χ4v) is 2.12. The fraction of sp³-hybridized carbons (Fsp3) is 0.538. The minimum atomic E-state index is 0.221. The number of benzene rings is 1. The summed E-state index contributed by atoms with van der Waals surface area (Å²) in [5.41, 5.74) is 1.29. The van der Waals surface area contributed by atoms with Gasteiger partial charge in [-0.1, -0.05) is 37.3 Å². The molecule has 0 bridgehead atoms. The third kappa shape index (κ3) is 2.58. The molecule has 1 heterocycles. The van der Waals surface area contributed by atoms with E-state index >= 15 is 0 Å². The maximum absolute atomic E-state index is 5.93. The van der Waals surface area contributed by atoms with Crippen LogP contribution in [0, 0.1) is 0 Å². The Morgan fingerprint density at radius 1 is 1.33 bits per heavy atom. The lowest BCUT2D eigenvalue weighted by molar-refractivity contribution is 0.0411. The fourth-order valence-electron chi connectivity index (χ4n) is 2.12. The lowest BCUT2D eigenvalue weighted by Crippen LogP contribution is -2.33. The quantitative estimate of drug-likeness (QED) is 0.801. The molecular weight excluding hydrogens is 186 g/mol. The zero-order valence-electron chi connectivity index (χ0n) is 9.28. The van der Waals surface area contributed by atoms with E-state index in [0.29, 0.717) is 6.04 Å². The summed E-state index contributed by atoms with van der Waals surface area (Å²) < 4.78 is 5.93. The van der Waals surface area contributed by atoms with Crippen LogP contribution in [0.5, 0.6) is 0 Å². The second-order valence-electron chi connectivity index (χ2n) is 4.02.